The molecular formula is C12H11BFN3OS2. The maximum atomic E-state index is 13.1. The van der Waals surface area contributed by atoms with Crippen LogP contribution in [-0.2, 0) is 4.79 Å². The summed E-state index contributed by atoms with van der Waals surface area (Å²) in [5, 5.41) is 3.72. The molecule has 2 heterocycles. The van der Waals surface area contributed by atoms with Gasteiger partial charge in [0.1, 0.15) is 23.7 Å². The van der Waals surface area contributed by atoms with Gasteiger partial charge in [-0.3, -0.25) is 14.8 Å². The van der Waals surface area contributed by atoms with Crippen LogP contribution in [0.1, 0.15) is 6.42 Å². The number of pyridine rings is 1. The second kappa shape index (κ2) is 6.85. The first-order chi connectivity index (χ1) is 9.60. The fraction of sp³-hybridized carbons (Fsp3) is 0.250. The Morgan fingerprint density at radius 3 is 3.05 bits per heavy atom. The van der Waals surface area contributed by atoms with E-state index in [-0.39, 0.29) is 11.5 Å². The first-order valence-electron chi connectivity index (χ1n) is 5.76. The van der Waals surface area contributed by atoms with E-state index in [1.165, 1.54) is 23.6 Å². The number of carbonyl (C=O) groups excluding carboxylic acids is 1. The fourth-order valence-electron chi connectivity index (χ4n) is 1.46. The number of thioether (sulfide) groups is 1. The summed E-state index contributed by atoms with van der Waals surface area (Å²) in [6.07, 6.45) is 4.96. The molecule has 0 bridgehead atoms. The Kier molecular flexibility index (Phi) is 5.14. The molecule has 0 aliphatic rings. The van der Waals surface area contributed by atoms with Gasteiger partial charge in [0.05, 0.1) is 6.20 Å². The molecule has 2 aromatic rings. The van der Waals surface area contributed by atoms with Gasteiger partial charge in [-0.15, -0.1) is 0 Å². The molecule has 0 fully saturated rings. The van der Waals surface area contributed by atoms with Crippen LogP contribution < -0.4 is 10.9 Å². The number of anilines is 1. The van der Waals surface area contributed by atoms with Crippen LogP contribution in [0.5, 0.6) is 0 Å². The SMILES string of the molecule is [B]c1nc(-c2cncc(F)c2)sc1NC(=O)CCSC. The Hall–Kier alpha value is -1.41. The van der Waals surface area contributed by atoms with Gasteiger partial charge in [0.15, 0.2) is 0 Å². The van der Waals surface area contributed by atoms with Gasteiger partial charge in [0.2, 0.25) is 5.91 Å². The number of hydrogen-bond donors (Lipinski definition) is 1. The van der Waals surface area contributed by atoms with Crippen molar-refractivity contribution < 1.29 is 9.18 Å². The van der Waals surface area contributed by atoms with E-state index in [1.54, 1.807) is 11.8 Å². The molecule has 0 spiro atoms. The maximum absolute atomic E-state index is 13.1. The van der Waals surface area contributed by atoms with Crippen LogP contribution >= 0.6 is 23.1 Å². The average Bonchev–Trinajstić information content (AvgIpc) is 2.78. The number of thiazole rings is 1. The third kappa shape index (κ3) is 3.80. The van der Waals surface area contributed by atoms with E-state index in [9.17, 15) is 9.18 Å². The molecule has 2 aromatic heterocycles. The van der Waals surface area contributed by atoms with Crippen molar-refractivity contribution in [3.05, 3.63) is 24.3 Å². The Bertz CT molecular complexity index is 620. The molecule has 20 heavy (non-hydrogen) atoms. The predicted octanol–water partition coefficient (Wildman–Crippen LogP) is 1.83. The minimum absolute atomic E-state index is 0.112. The molecule has 0 saturated carbocycles. The first kappa shape index (κ1) is 15.0. The Morgan fingerprint density at radius 1 is 1.55 bits per heavy atom. The first-order valence-corrected chi connectivity index (χ1v) is 7.97. The van der Waals surface area contributed by atoms with Crippen molar-refractivity contribution >= 4 is 47.4 Å². The lowest BCUT2D eigenvalue weighted by Crippen LogP contribution is -2.17. The molecule has 102 valence electrons. The molecule has 8 heteroatoms. The fourth-order valence-corrected chi connectivity index (χ4v) is 2.73. The minimum Gasteiger partial charge on any atom is -0.317 e. The van der Waals surface area contributed by atoms with Crippen molar-refractivity contribution in [2.45, 2.75) is 6.42 Å². The third-order valence-electron chi connectivity index (χ3n) is 2.39. The van der Waals surface area contributed by atoms with Crippen LogP contribution in [0.3, 0.4) is 0 Å². The standard InChI is InChI=1S/C12H11BFN3OS2/c1-19-3-2-9(18)16-12-10(13)17-11(20-12)7-4-8(14)6-15-5-7/h4-6H,2-3H2,1H3,(H,16,18). The van der Waals surface area contributed by atoms with Crippen LogP contribution in [0.15, 0.2) is 18.5 Å². The van der Waals surface area contributed by atoms with Crippen molar-refractivity contribution in [2.24, 2.45) is 0 Å². The predicted molar refractivity (Wildman–Crippen MR) is 82.3 cm³/mol. The summed E-state index contributed by atoms with van der Waals surface area (Å²) < 4.78 is 13.1. The lowest BCUT2D eigenvalue weighted by Gasteiger charge is -2.01. The smallest absolute Gasteiger partial charge is 0.225 e. The van der Waals surface area contributed by atoms with Gasteiger partial charge in [-0.25, -0.2) is 4.39 Å². The van der Waals surface area contributed by atoms with E-state index in [1.807, 2.05) is 6.26 Å². The molecule has 0 saturated heterocycles. The summed E-state index contributed by atoms with van der Waals surface area (Å²) in [5.74, 6) is 0.186. The summed E-state index contributed by atoms with van der Waals surface area (Å²) in [6.45, 7) is 0. The number of hydrogen-bond acceptors (Lipinski definition) is 5. The van der Waals surface area contributed by atoms with Gasteiger partial charge < -0.3 is 5.32 Å². The number of nitrogens with zero attached hydrogens (tertiary/aromatic N) is 2. The molecule has 1 amide bonds. The van der Waals surface area contributed by atoms with Crippen LogP contribution in [0, 0.1) is 5.82 Å². The largest absolute Gasteiger partial charge is 0.317 e. The van der Waals surface area contributed by atoms with Gasteiger partial charge >= 0.3 is 0 Å². The van der Waals surface area contributed by atoms with E-state index in [0.29, 0.717) is 22.0 Å². The summed E-state index contributed by atoms with van der Waals surface area (Å²) in [4.78, 5) is 19.5. The summed E-state index contributed by atoms with van der Waals surface area (Å²) >= 11 is 2.80. The maximum Gasteiger partial charge on any atom is 0.225 e. The van der Waals surface area contributed by atoms with Crippen molar-refractivity contribution in [2.75, 3.05) is 17.3 Å². The van der Waals surface area contributed by atoms with Gasteiger partial charge in [0, 0.05) is 29.5 Å². The number of aromatic nitrogens is 2. The van der Waals surface area contributed by atoms with Gasteiger partial charge in [-0.05, 0) is 12.3 Å². The van der Waals surface area contributed by atoms with Crippen LogP contribution in [0.4, 0.5) is 9.39 Å². The highest BCUT2D eigenvalue weighted by molar-refractivity contribution is 7.98. The normalized spacial score (nSPS) is 10.5. The van der Waals surface area contributed by atoms with Crippen molar-refractivity contribution in [3.8, 4) is 10.6 Å². The van der Waals surface area contributed by atoms with Crippen molar-refractivity contribution in [3.63, 3.8) is 0 Å². The summed E-state index contributed by atoms with van der Waals surface area (Å²) in [5.41, 5.74) is 0.762. The molecule has 0 aromatic carbocycles. The van der Waals surface area contributed by atoms with E-state index in [2.05, 4.69) is 15.3 Å². The topological polar surface area (TPSA) is 54.9 Å². The van der Waals surface area contributed by atoms with Crippen LogP contribution in [0.2, 0.25) is 0 Å². The van der Waals surface area contributed by atoms with Gasteiger partial charge in [0.25, 0.3) is 0 Å². The van der Waals surface area contributed by atoms with Crippen molar-refractivity contribution in [1.82, 2.24) is 9.97 Å². The molecule has 1 N–H and O–H groups in total. The second-order valence-corrected chi connectivity index (χ2v) is 5.90. The molecule has 4 nitrogen and oxygen atoms in total. The third-order valence-corrected chi connectivity index (χ3v) is 4.04. The zero-order chi connectivity index (χ0) is 14.5. The number of rotatable bonds is 5. The molecule has 0 aliphatic heterocycles. The lowest BCUT2D eigenvalue weighted by molar-refractivity contribution is -0.115. The average molecular weight is 307 g/mol. The van der Waals surface area contributed by atoms with E-state index in [4.69, 9.17) is 7.85 Å². The highest BCUT2D eigenvalue weighted by Crippen LogP contribution is 2.26. The highest BCUT2D eigenvalue weighted by atomic mass is 32.2. The number of carbonyl (C=O) groups is 1. The lowest BCUT2D eigenvalue weighted by atomic mass is 10.1. The molecule has 0 aliphatic carbocycles. The molecule has 0 atom stereocenters. The Morgan fingerprint density at radius 2 is 2.35 bits per heavy atom. The molecular weight excluding hydrogens is 296 g/mol. The quantitative estimate of drug-likeness (QED) is 0.856. The second-order valence-electron chi connectivity index (χ2n) is 3.92. The molecule has 2 rings (SSSR count). The number of amides is 1. The van der Waals surface area contributed by atoms with Gasteiger partial charge in [-0.1, -0.05) is 11.3 Å². The monoisotopic (exact) mass is 307 g/mol. The van der Waals surface area contributed by atoms with Crippen LogP contribution in [-0.4, -0.2) is 35.7 Å². The zero-order valence-corrected chi connectivity index (χ0v) is 12.4. The van der Waals surface area contributed by atoms with E-state index < -0.39 is 5.82 Å². The van der Waals surface area contributed by atoms with Gasteiger partial charge in [-0.2, -0.15) is 11.8 Å². The minimum atomic E-state index is -0.443. The zero-order valence-electron chi connectivity index (χ0n) is 10.7. The molecule has 2 radical (unpaired) electrons. The molecule has 0 unspecified atom stereocenters. The highest BCUT2D eigenvalue weighted by Gasteiger charge is 2.12. The Balaban J connectivity index is 2.15. The summed E-state index contributed by atoms with van der Waals surface area (Å²) in [6, 6.07) is 1.32. The Labute approximate surface area is 125 Å². The van der Waals surface area contributed by atoms with E-state index >= 15 is 0 Å². The van der Waals surface area contributed by atoms with Crippen molar-refractivity contribution in [1.29, 1.82) is 0 Å². The van der Waals surface area contributed by atoms with E-state index in [0.717, 1.165) is 11.9 Å². The summed E-state index contributed by atoms with van der Waals surface area (Å²) in [7, 11) is 5.76. The number of nitrogens with one attached hydrogen (secondary N) is 1. The van der Waals surface area contributed by atoms with Crippen LogP contribution in [0.25, 0.3) is 10.6 Å². The number of halogens is 1.